The Morgan fingerprint density at radius 1 is 1.11 bits per heavy atom. The lowest BCUT2D eigenvalue weighted by molar-refractivity contribution is -0.138. The molecule has 0 aliphatic carbocycles. The molecule has 0 saturated heterocycles. The summed E-state index contributed by atoms with van der Waals surface area (Å²) in [5.74, 6) is -0.610. The standard InChI is InChI=1S/C21H25N3O3/c1-16(2)24(14-18-7-5-4-6-8-18)21(26)15-27-22-13-20(25)23-19-11-9-17(3)10-12-19/h4-13,16H,14-15H2,1-3H3,(H,23,25). The summed E-state index contributed by atoms with van der Waals surface area (Å²) in [6, 6.07) is 17.2. The first kappa shape index (κ1) is 20.2. The highest BCUT2D eigenvalue weighted by Gasteiger charge is 2.17. The number of oxime groups is 1. The van der Waals surface area contributed by atoms with Gasteiger partial charge in [0.25, 0.3) is 11.8 Å². The minimum atomic E-state index is -0.420. The predicted molar refractivity (Wildman–Crippen MR) is 106 cm³/mol. The lowest BCUT2D eigenvalue weighted by Crippen LogP contribution is -2.38. The Balaban J connectivity index is 1.81. The van der Waals surface area contributed by atoms with Gasteiger partial charge in [0, 0.05) is 18.3 Å². The van der Waals surface area contributed by atoms with E-state index in [1.165, 1.54) is 0 Å². The molecule has 0 spiro atoms. The van der Waals surface area contributed by atoms with Crippen LogP contribution in [0.5, 0.6) is 0 Å². The van der Waals surface area contributed by atoms with Crippen LogP contribution >= 0.6 is 0 Å². The summed E-state index contributed by atoms with van der Waals surface area (Å²) >= 11 is 0. The van der Waals surface area contributed by atoms with E-state index in [2.05, 4.69) is 10.5 Å². The van der Waals surface area contributed by atoms with Crippen molar-refractivity contribution in [1.82, 2.24) is 4.90 Å². The van der Waals surface area contributed by atoms with Gasteiger partial charge in [0.05, 0.1) is 0 Å². The van der Waals surface area contributed by atoms with Gasteiger partial charge in [-0.05, 0) is 38.5 Å². The summed E-state index contributed by atoms with van der Waals surface area (Å²) in [6.45, 7) is 6.13. The van der Waals surface area contributed by atoms with Crippen molar-refractivity contribution in [2.24, 2.45) is 5.16 Å². The van der Waals surface area contributed by atoms with Crippen LogP contribution < -0.4 is 5.32 Å². The Kier molecular flexibility index (Phi) is 7.55. The molecule has 0 bridgehead atoms. The molecule has 0 heterocycles. The number of nitrogens with zero attached hydrogens (tertiary/aromatic N) is 2. The van der Waals surface area contributed by atoms with Crippen LogP contribution in [0.1, 0.15) is 25.0 Å². The van der Waals surface area contributed by atoms with Crippen molar-refractivity contribution in [3.63, 3.8) is 0 Å². The molecule has 0 aliphatic heterocycles. The van der Waals surface area contributed by atoms with Crippen LogP contribution in [0.15, 0.2) is 59.8 Å². The number of hydrogen-bond acceptors (Lipinski definition) is 4. The monoisotopic (exact) mass is 367 g/mol. The van der Waals surface area contributed by atoms with Gasteiger partial charge in [-0.3, -0.25) is 9.59 Å². The molecule has 6 heteroatoms. The molecule has 2 amide bonds. The highest BCUT2D eigenvalue weighted by Crippen LogP contribution is 2.09. The van der Waals surface area contributed by atoms with Crippen LogP contribution in [-0.2, 0) is 21.0 Å². The minimum absolute atomic E-state index is 0.0233. The zero-order valence-corrected chi connectivity index (χ0v) is 15.9. The Labute approximate surface area is 159 Å². The van der Waals surface area contributed by atoms with Crippen molar-refractivity contribution >= 4 is 23.7 Å². The molecule has 1 N–H and O–H groups in total. The van der Waals surface area contributed by atoms with Gasteiger partial charge in [-0.25, -0.2) is 0 Å². The van der Waals surface area contributed by atoms with Crippen LogP contribution in [0.3, 0.4) is 0 Å². The van der Waals surface area contributed by atoms with E-state index in [0.717, 1.165) is 17.3 Å². The van der Waals surface area contributed by atoms with E-state index in [4.69, 9.17) is 4.84 Å². The van der Waals surface area contributed by atoms with Crippen LogP contribution in [0, 0.1) is 6.92 Å². The maximum Gasteiger partial charge on any atom is 0.270 e. The second-order valence-corrected chi connectivity index (χ2v) is 6.46. The van der Waals surface area contributed by atoms with Gasteiger partial charge in [-0.2, -0.15) is 0 Å². The molecule has 2 aromatic carbocycles. The molecular formula is C21H25N3O3. The van der Waals surface area contributed by atoms with Gasteiger partial charge >= 0.3 is 0 Å². The van der Waals surface area contributed by atoms with Gasteiger partial charge < -0.3 is 15.1 Å². The second-order valence-electron chi connectivity index (χ2n) is 6.46. The van der Waals surface area contributed by atoms with Crippen molar-refractivity contribution in [3.8, 4) is 0 Å². The van der Waals surface area contributed by atoms with Crippen molar-refractivity contribution in [2.45, 2.75) is 33.4 Å². The molecule has 2 rings (SSSR count). The van der Waals surface area contributed by atoms with Gasteiger partial charge in [0.15, 0.2) is 6.61 Å². The molecule has 0 saturated carbocycles. The van der Waals surface area contributed by atoms with E-state index >= 15 is 0 Å². The summed E-state index contributed by atoms with van der Waals surface area (Å²) in [7, 11) is 0. The molecule has 6 nitrogen and oxygen atoms in total. The smallest absolute Gasteiger partial charge is 0.270 e. The first-order valence-corrected chi connectivity index (χ1v) is 8.82. The molecule has 142 valence electrons. The Morgan fingerprint density at radius 3 is 2.41 bits per heavy atom. The number of aryl methyl sites for hydroxylation is 1. The zero-order chi connectivity index (χ0) is 19.6. The minimum Gasteiger partial charge on any atom is -0.386 e. The van der Waals surface area contributed by atoms with Crippen LogP contribution in [0.2, 0.25) is 0 Å². The Morgan fingerprint density at radius 2 is 1.78 bits per heavy atom. The molecule has 27 heavy (non-hydrogen) atoms. The number of nitrogens with one attached hydrogen (secondary N) is 1. The molecular weight excluding hydrogens is 342 g/mol. The first-order chi connectivity index (χ1) is 13.0. The fraction of sp³-hybridized carbons (Fsp3) is 0.286. The molecule has 0 aliphatic rings. The maximum atomic E-state index is 12.4. The number of anilines is 1. The molecule has 0 unspecified atom stereocenters. The van der Waals surface area contributed by atoms with Crippen LogP contribution in [0.4, 0.5) is 5.69 Å². The fourth-order valence-electron chi connectivity index (χ4n) is 2.41. The topological polar surface area (TPSA) is 71.0 Å². The lowest BCUT2D eigenvalue weighted by atomic mass is 10.2. The number of benzene rings is 2. The van der Waals surface area contributed by atoms with E-state index in [0.29, 0.717) is 12.2 Å². The normalized spacial score (nSPS) is 10.8. The number of carbonyl (C=O) groups is 2. The summed E-state index contributed by atoms with van der Waals surface area (Å²) in [4.78, 5) is 30.9. The van der Waals surface area contributed by atoms with Crippen molar-refractivity contribution < 1.29 is 14.4 Å². The predicted octanol–water partition coefficient (Wildman–Crippen LogP) is 3.37. The van der Waals surface area contributed by atoms with E-state index in [-0.39, 0.29) is 18.6 Å². The van der Waals surface area contributed by atoms with Crippen LogP contribution in [0.25, 0.3) is 0 Å². The van der Waals surface area contributed by atoms with Crippen molar-refractivity contribution in [1.29, 1.82) is 0 Å². The summed E-state index contributed by atoms with van der Waals surface area (Å²) in [5, 5.41) is 6.26. The summed E-state index contributed by atoms with van der Waals surface area (Å²) < 4.78 is 0. The third kappa shape index (κ3) is 6.93. The number of carbonyl (C=O) groups excluding carboxylic acids is 2. The van der Waals surface area contributed by atoms with Crippen LogP contribution in [-0.4, -0.2) is 35.6 Å². The first-order valence-electron chi connectivity index (χ1n) is 8.82. The highest BCUT2D eigenvalue weighted by atomic mass is 16.6. The maximum absolute atomic E-state index is 12.4. The average molecular weight is 367 g/mol. The number of rotatable bonds is 8. The third-order valence-corrected chi connectivity index (χ3v) is 3.89. The fourth-order valence-corrected chi connectivity index (χ4v) is 2.41. The van der Waals surface area contributed by atoms with Crippen molar-refractivity contribution in [3.05, 3.63) is 65.7 Å². The van der Waals surface area contributed by atoms with Gasteiger partial charge in [-0.1, -0.05) is 53.2 Å². The highest BCUT2D eigenvalue weighted by molar-refractivity contribution is 6.31. The number of hydrogen-bond donors (Lipinski definition) is 1. The molecule has 0 fully saturated rings. The lowest BCUT2D eigenvalue weighted by Gasteiger charge is -2.26. The van der Waals surface area contributed by atoms with Gasteiger partial charge in [-0.15, -0.1) is 0 Å². The van der Waals surface area contributed by atoms with E-state index in [1.807, 2.05) is 63.2 Å². The number of amides is 2. The molecule has 0 radical (unpaired) electrons. The van der Waals surface area contributed by atoms with Gasteiger partial charge in [0.1, 0.15) is 6.21 Å². The third-order valence-electron chi connectivity index (χ3n) is 3.89. The largest absolute Gasteiger partial charge is 0.386 e. The molecule has 0 atom stereocenters. The zero-order valence-electron chi connectivity index (χ0n) is 15.9. The van der Waals surface area contributed by atoms with E-state index < -0.39 is 5.91 Å². The summed E-state index contributed by atoms with van der Waals surface area (Å²) in [5.41, 5.74) is 2.82. The Bertz CT molecular complexity index is 771. The SMILES string of the molecule is Cc1ccc(NC(=O)C=NOCC(=O)N(Cc2ccccc2)C(C)C)cc1. The molecule has 2 aromatic rings. The van der Waals surface area contributed by atoms with E-state index in [1.54, 1.807) is 17.0 Å². The Hall–Kier alpha value is -3.15. The van der Waals surface area contributed by atoms with E-state index in [9.17, 15) is 9.59 Å². The average Bonchev–Trinajstić information content (AvgIpc) is 2.65. The quantitative estimate of drug-likeness (QED) is 0.574. The second kappa shape index (κ2) is 10.1. The molecule has 0 aromatic heterocycles. The van der Waals surface area contributed by atoms with Gasteiger partial charge in [0.2, 0.25) is 0 Å². The van der Waals surface area contributed by atoms with Crippen molar-refractivity contribution in [2.75, 3.05) is 11.9 Å². The summed E-state index contributed by atoms with van der Waals surface area (Å²) in [6.07, 6.45) is 1.02.